The lowest BCUT2D eigenvalue weighted by Crippen LogP contribution is -2.56. The zero-order valence-electron chi connectivity index (χ0n) is 31.8. The number of nitrogens with one attached hydrogen (secondary N) is 2. The van der Waals surface area contributed by atoms with E-state index in [1.807, 2.05) is 6.92 Å². The summed E-state index contributed by atoms with van der Waals surface area (Å²) in [6.07, 6.45) is 30.8. The summed E-state index contributed by atoms with van der Waals surface area (Å²) in [5.41, 5.74) is 0. The fraction of sp³-hybridized carbons (Fsp3) is 0.927. The van der Waals surface area contributed by atoms with Gasteiger partial charge in [0, 0.05) is 25.4 Å². The molecule has 0 fully saturated rings. The number of aliphatic hydroxyl groups excluding tert-OH is 5. The molecule has 0 aromatic rings. The van der Waals surface area contributed by atoms with Crippen molar-refractivity contribution in [3.63, 3.8) is 0 Å². The minimum Gasteiger partial charge on any atom is -0.393 e. The molecule has 0 saturated heterocycles. The van der Waals surface area contributed by atoms with Crippen LogP contribution >= 0.6 is 0 Å². The molecular weight excluding hydrogens is 616 g/mol. The third-order valence-electron chi connectivity index (χ3n) is 10.5. The van der Waals surface area contributed by atoms with E-state index in [4.69, 9.17) is 0 Å². The van der Waals surface area contributed by atoms with Gasteiger partial charge in [-0.05, 0) is 25.7 Å². The van der Waals surface area contributed by atoms with Crippen LogP contribution in [0.15, 0.2) is 12.2 Å². The first-order valence-electron chi connectivity index (χ1n) is 20.9. The monoisotopic (exact) mass is 697 g/mol. The van der Waals surface area contributed by atoms with Crippen LogP contribution in [0.2, 0.25) is 0 Å². The average Bonchev–Trinajstić information content (AvgIpc) is 3.09. The molecule has 1 amide bonds. The van der Waals surface area contributed by atoms with Crippen molar-refractivity contribution >= 4 is 5.91 Å². The van der Waals surface area contributed by atoms with Crippen LogP contribution in [0, 0.1) is 0 Å². The molecule has 7 N–H and O–H groups in total. The molecule has 1 rings (SSSR count). The second-order valence-corrected chi connectivity index (χ2v) is 15.1. The number of carbonyl (C=O) groups is 1. The van der Waals surface area contributed by atoms with Gasteiger partial charge in [0.1, 0.15) is 12.2 Å². The van der Waals surface area contributed by atoms with E-state index in [0.29, 0.717) is 25.7 Å². The highest BCUT2D eigenvalue weighted by molar-refractivity contribution is 5.76. The molecule has 1 aliphatic rings. The molecule has 0 aromatic heterocycles. The van der Waals surface area contributed by atoms with Crippen molar-refractivity contribution in [1.82, 2.24) is 10.6 Å². The first-order chi connectivity index (χ1) is 23.8. The van der Waals surface area contributed by atoms with Crippen LogP contribution in [0.5, 0.6) is 0 Å². The summed E-state index contributed by atoms with van der Waals surface area (Å²) in [5, 5.41) is 57.9. The van der Waals surface area contributed by atoms with Crippen molar-refractivity contribution in [1.29, 1.82) is 0 Å². The third kappa shape index (κ3) is 24.7. The van der Waals surface area contributed by atoms with Gasteiger partial charge in [-0.2, -0.15) is 0 Å². The van der Waals surface area contributed by atoms with E-state index < -0.39 is 42.6 Å². The molecule has 0 radical (unpaired) electrons. The van der Waals surface area contributed by atoms with Crippen LogP contribution in [0.4, 0.5) is 0 Å². The highest BCUT2D eigenvalue weighted by Gasteiger charge is 2.32. The molecule has 0 bridgehead atoms. The van der Waals surface area contributed by atoms with E-state index >= 15 is 0 Å². The lowest BCUT2D eigenvalue weighted by atomic mass is 9.93. The molecule has 8 heteroatoms. The van der Waals surface area contributed by atoms with E-state index in [9.17, 15) is 30.3 Å². The van der Waals surface area contributed by atoms with Crippen molar-refractivity contribution in [2.45, 2.75) is 236 Å². The summed E-state index contributed by atoms with van der Waals surface area (Å²) >= 11 is 0. The molecule has 0 heterocycles. The van der Waals surface area contributed by atoms with Crippen LogP contribution in [0.25, 0.3) is 0 Å². The summed E-state index contributed by atoms with van der Waals surface area (Å²) in [5.74, 6) is -0.128. The Kier molecular flexibility index (Phi) is 29.7. The number of aliphatic hydroxyl groups is 5. The van der Waals surface area contributed by atoms with Gasteiger partial charge in [0.15, 0.2) is 0 Å². The summed E-state index contributed by atoms with van der Waals surface area (Å²) < 4.78 is 0. The Labute approximate surface area is 301 Å². The van der Waals surface area contributed by atoms with E-state index in [0.717, 1.165) is 19.3 Å². The summed E-state index contributed by atoms with van der Waals surface area (Å²) in [4.78, 5) is 12.8. The number of hydrogen-bond acceptors (Lipinski definition) is 7. The van der Waals surface area contributed by atoms with E-state index in [-0.39, 0.29) is 18.9 Å². The fourth-order valence-corrected chi connectivity index (χ4v) is 6.98. The number of rotatable bonds is 32. The topological polar surface area (TPSA) is 142 Å². The highest BCUT2D eigenvalue weighted by atomic mass is 16.4. The van der Waals surface area contributed by atoms with Crippen LogP contribution in [-0.4, -0.2) is 80.6 Å². The van der Waals surface area contributed by atoms with Crippen molar-refractivity contribution in [3.05, 3.63) is 12.2 Å². The first kappa shape index (κ1) is 46.0. The highest BCUT2D eigenvalue weighted by Crippen LogP contribution is 2.18. The molecule has 49 heavy (non-hydrogen) atoms. The number of unbranched alkanes of at least 4 members (excludes halogenated alkanes) is 22. The van der Waals surface area contributed by atoms with Gasteiger partial charge in [-0.25, -0.2) is 0 Å². The number of carbonyl (C=O) groups excluding carboxylic acids is 1. The molecule has 290 valence electrons. The third-order valence-corrected chi connectivity index (χ3v) is 10.5. The van der Waals surface area contributed by atoms with Crippen molar-refractivity contribution in [2.75, 3.05) is 6.54 Å². The predicted molar refractivity (Wildman–Crippen MR) is 204 cm³/mol. The maximum Gasteiger partial charge on any atom is 0.220 e. The molecule has 0 aromatic carbocycles. The smallest absolute Gasteiger partial charge is 0.220 e. The van der Waals surface area contributed by atoms with Crippen LogP contribution in [0.1, 0.15) is 194 Å². The van der Waals surface area contributed by atoms with Gasteiger partial charge in [-0.15, -0.1) is 0 Å². The second-order valence-electron chi connectivity index (χ2n) is 15.1. The van der Waals surface area contributed by atoms with Gasteiger partial charge in [0.2, 0.25) is 5.91 Å². The Morgan fingerprint density at radius 2 is 1.12 bits per heavy atom. The Morgan fingerprint density at radius 1 is 0.673 bits per heavy atom. The molecule has 0 spiro atoms. The SMILES string of the molecule is CCCCCCCCCCCCCCCCCCCCCCCCCC(=O)NC(CNC1CC/C=C\C(O)C(O)C1O)C(O)CC(O)CC. The Hall–Kier alpha value is -1.03. The molecule has 7 unspecified atom stereocenters. The van der Waals surface area contributed by atoms with Gasteiger partial charge in [-0.3, -0.25) is 4.79 Å². The Balaban J connectivity index is 2.09. The maximum atomic E-state index is 12.8. The number of allylic oxidation sites excluding steroid dienone is 1. The maximum absolute atomic E-state index is 12.8. The zero-order valence-corrected chi connectivity index (χ0v) is 31.8. The molecule has 0 aliphatic heterocycles. The van der Waals surface area contributed by atoms with Gasteiger partial charge in [0.25, 0.3) is 0 Å². The number of hydrogen-bond donors (Lipinski definition) is 7. The quantitative estimate of drug-likeness (QED) is 0.0281. The van der Waals surface area contributed by atoms with E-state index in [1.165, 1.54) is 134 Å². The molecular formula is C41H80N2O6. The van der Waals surface area contributed by atoms with Gasteiger partial charge in [-0.1, -0.05) is 167 Å². The van der Waals surface area contributed by atoms with Crippen molar-refractivity contribution < 1.29 is 30.3 Å². The van der Waals surface area contributed by atoms with Gasteiger partial charge >= 0.3 is 0 Å². The standard InChI is InChI=1S/C41H80N2O6/c1-3-5-6-7-8-9-10-11-12-13-14-15-16-17-18-19-20-21-22-23-24-25-26-31-39(47)43-36(38(46)32-34(44)4-2)33-42-35-29-27-28-30-37(45)41(49)40(35)48/h28,30,34-38,40-42,44-46,48-49H,3-27,29,31-33H2,1-2H3,(H,43,47)/b30-28-. The largest absolute Gasteiger partial charge is 0.393 e. The summed E-state index contributed by atoms with van der Waals surface area (Å²) in [7, 11) is 0. The normalized spacial score (nSPS) is 22.3. The molecule has 7 atom stereocenters. The molecule has 8 nitrogen and oxygen atoms in total. The zero-order chi connectivity index (χ0) is 36.0. The minimum absolute atomic E-state index is 0.128. The van der Waals surface area contributed by atoms with Crippen molar-refractivity contribution in [3.8, 4) is 0 Å². The molecule has 1 aliphatic carbocycles. The second kappa shape index (κ2) is 31.7. The Morgan fingerprint density at radius 3 is 1.57 bits per heavy atom. The predicted octanol–water partition coefficient (Wildman–Crippen LogP) is 7.77. The van der Waals surface area contributed by atoms with Crippen LogP contribution in [-0.2, 0) is 4.79 Å². The van der Waals surface area contributed by atoms with Crippen LogP contribution < -0.4 is 10.6 Å². The lowest BCUT2D eigenvalue weighted by Gasteiger charge is -2.33. The number of amides is 1. The van der Waals surface area contributed by atoms with Gasteiger partial charge < -0.3 is 36.2 Å². The average molecular weight is 697 g/mol. The summed E-state index contributed by atoms with van der Waals surface area (Å²) in [6, 6.07) is -1.16. The Bertz CT molecular complexity index is 783. The van der Waals surface area contributed by atoms with E-state index in [2.05, 4.69) is 17.6 Å². The van der Waals surface area contributed by atoms with Gasteiger partial charge in [0.05, 0.1) is 24.4 Å². The van der Waals surface area contributed by atoms with Crippen LogP contribution in [0.3, 0.4) is 0 Å². The fourth-order valence-electron chi connectivity index (χ4n) is 6.98. The van der Waals surface area contributed by atoms with E-state index in [1.54, 1.807) is 6.08 Å². The minimum atomic E-state index is -1.33. The first-order valence-corrected chi connectivity index (χ1v) is 20.9. The summed E-state index contributed by atoms with van der Waals surface area (Å²) in [6.45, 7) is 4.30. The lowest BCUT2D eigenvalue weighted by molar-refractivity contribution is -0.123. The van der Waals surface area contributed by atoms with Crippen molar-refractivity contribution in [2.24, 2.45) is 0 Å². The molecule has 0 saturated carbocycles.